The number of fused-ring (bicyclic) bond motifs is 1. The van der Waals surface area contributed by atoms with Gasteiger partial charge >= 0.3 is 29.8 Å². The minimum atomic E-state index is -2.82. The standard InChI is InChI=1S/C70H103N17O28/c1-9-32(4)52-70(113)115-34(6)53(84-67(109)54(56(99)58(73)100)85-61(103)39(21-23-50(95)96)79-62(104)40(24-35-28-74-37-18-15-14-17-36(35)37)77-46(90)19-13-11-10-12-16-31(2)3)68(110)87(7)30-48(92)76-33(5)59(101)81-43(27-51(97)98)64(106)82-42(26-45(72)89)65(107)86-55(57(114-8)69(111)112)66(108)75-29-47(91)78-41(25-44(71)88)63(105)80-38(60(102)83-52)20-22-49(93)94/h14-15,17-18,28,31-34,38-43,52-57,74,99H,9-13,16,19-27,29-30H2,1-8H3,(H2,71,88)(H2,72,89)(H2,73,100)(H,75,108)(H,76,92)(H,77,90)(H,78,91)(H,79,104)(H,80,105)(H,81,101)(H,82,106)(H,83,102)(H,84,109)(H,85,103)(H,86,107)(H,93,94)(H,95,96)(H,97,98)(H,111,112). The summed E-state index contributed by atoms with van der Waals surface area (Å²) in [4.78, 5) is 288. The van der Waals surface area contributed by atoms with Crippen LogP contribution in [-0.2, 0) is 117 Å². The summed E-state index contributed by atoms with van der Waals surface area (Å²) in [5, 5.41) is 76.9. The molecule has 0 bridgehead atoms. The van der Waals surface area contributed by atoms with E-state index in [0.717, 1.165) is 47.3 Å². The van der Waals surface area contributed by atoms with Gasteiger partial charge in [-0.15, -0.1) is 0 Å². The molecule has 15 atom stereocenters. The normalized spacial score (nSPS) is 21.9. The lowest BCUT2D eigenvalue weighted by Gasteiger charge is -2.32. The second-order valence-corrected chi connectivity index (χ2v) is 27.7. The molecule has 2 heterocycles. The Labute approximate surface area is 657 Å². The van der Waals surface area contributed by atoms with Crippen molar-refractivity contribution >= 4 is 135 Å². The highest BCUT2D eigenvalue weighted by atomic mass is 16.5. The highest BCUT2D eigenvalue weighted by molar-refractivity contribution is 6.03. The Bertz CT molecular complexity index is 3910. The molecule has 636 valence electrons. The van der Waals surface area contributed by atoms with Gasteiger partial charge in [0.15, 0.2) is 12.2 Å². The van der Waals surface area contributed by atoms with E-state index in [-0.39, 0.29) is 19.3 Å². The molecule has 0 saturated carbocycles. The lowest BCUT2D eigenvalue weighted by atomic mass is 9.98. The molecule has 45 heteroatoms. The van der Waals surface area contributed by atoms with E-state index in [1.54, 1.807) is 30.5 Å². The van der Waals surface area contributed by atoms with Crippen molar-refractivity contribution in [3.05, 3.63) is 36.0 Å². The number of aliphatic carboxylic acids is 4. The molecular weight excluding hydrogens is 1530 g/mol. The number of hydrogen-bond acceptors (Lipinski definition) is 24. The number of nitrogens with two attached hydrogens (primary N) is 3. The molecule has 15 unspecified atom stereocenters. The zero-order chi connectivity index (χ0) is 86.8. The Hall–Kier alpha value is -12.5. The summed E-state index contributed by atoms with van der Waals surface area (Å²) in [6, 6.07) is -16.6. The Morgan fingerprint density at radius 1 is 0.609 bits per heavy atom. The number of methoxy groups -OCH3 is 1. The Balaban J connectivity index is 2.28. The number of carboxylic acids is 4. The van der Waals surface area contributed by atoms with Gasteiger partial charge in [-0.3, -0.25) is 91.1 Å². The minimum absolute atomic E-state index is 0.0355. The number of esters is 1. The number of aliphatic hydroxyl groups excluding tert-OH is 1. The molecule has 115 heavy (non-hydrogen) atoms. The Morgan fingerprint density at radius 2 is 1.17 bits per heavy atom. The van der Waals surface area contributed by atoms with Crippen molar-refractivity contribution < 1.29 is 136 Å². The first kappa shape index (κ1) is 96.7. The fourth-order valence-corrected chi connectivity index (χ4v) is 11.5. The van der Waals surface area contributed by atoms with Crippen LogP contribution < -0.4 is 81.0 Å². The lowest BCUT2D eigenvalue weighted by Crippen LogP contribution is -2.64. The molecule has 1 aliphatic heterocycles. The predicted octanol–water partition coefficient (Wildman–Crippen LogP) is -7.47. The number of aromatic amines is 1. The molecular formula is C70H103N17O28. The molecule has 1 aliphatic rings. The van der Waals surface area contributed by atoms with Crippen molar-refractivity contribution in [3.63, 3.8) is 0 Å². The number of amides is 16. The van der Waals surface area contributed by atoms with Gasteiger partial charge in [-0.2, -0.15) is 0 Å². The molecule has 0 radical (unpaired) electrons. The van der Waals surface area contributed by atoms with Crippen LogP contribution in [0.5, 0.6) is 0 Å². The molecule has 45 nitrogen and oxygen atoms in total. The fourth-order valence-electron chi connectivity index (χ4n) is 11.5. The largest absolute Gasteiger partial charge is 0.481 e. The molecule has 16 amide bonds. The molecule has 1 fully saturated rings. The van der Waals surface area contributed by atoms with Crippen LogP contribution in [0.3, 0.4) is 0 Å². The summed E-state index contributed by atoms with van der Waals surface area (Å²) in [5.74, 6) is -31.6. The maximum absolute atomic E-state index is 14.9. The third-order valence-corrected chi connectivity index (χ3v) is 18.0. The number of unbranched alkanes of at least 4 members (excludes halogenated alkanes) is 3. The molecule has 1 saturated heterocycles. The van der Waals surface area contributed by atoms with Crippen LogP contribution in [-0.4, -0.2) is 272 Å². The van der Waals surface area contributed by atoms with Gasteiger partial charge in [0.25, 0.3) is 0 Å². The van der Waals surface area contributed by atoms with Crippen molar-refractivity contribution in [3.8, 4) is 0 Å². The van der Waals surface area contributed by atoms with Crippen LogP contribution in [0.25, 0.3) is 10.9 Å². The van der Waals surface area contributed by atoms with E-state index >= 15 is 0 Å². The Morgan fingerprint density at radius 3 is 1.74 bits per heavy atom. The van der Waals surface area contributed by atoms with Gasteiger partial charge in [0, 0.05) is 56.9 Å². The van der Waals surface area contributed by atoms with Gasteiger partial charge in [0.1, 0.15) is 72.6 Å². The number of carbonyl (C=O) groups excluding carboxylic acids is 17. The van der Waals surface area contributed by atoms with Crippen molar-refractivity contribution in [1.29, 1.82) is 0 Å². The van der Waals surface area contributed by atoms with E-state index < -0.39 is 273 Å². The van der Waals surface area contributed by atoms with E-state index in [4.69, 9.17) is 26.7 Å². The summed E-state index contributed by atoms with van der Waals surface area (Å²) in [5.41, 5.74) is 17.4. The van der Waals surface area contributed by atoms with Crippen LogP contribution in [0.15, 0.2) is 30.5 Å². The zero-order valence-electron chi connectivity index (χ0n) is 64.5. The summed E-state index contributed by atoms with van der Waals surface area (Å²) < 4.78 is 10.6. The van der Waals surface area contributed by atoms with Crippen LogP contribution in [0.4, 0.5) is 0 Å². The number of rotatable bonds is 35. The van der Waals surface area contributed by atoms with E-state index in [9.17, 15) is 126 Å². The SMILES string of the molecule is CCC(C)C1NC(=O)C(CCC(=O)O)NC(=O)C(CC(N)=O)NC(=O)CNC(=O)C(C(OC)C(=O)O)NC(=O)C(CC(N)=O)NC(=O)C(CC(=O)O)NC(=O)C(C)NC(=O)CN(C)C(=O)C(NC(=O)C(NC(=O)C(CCC(=O)O)NC(=O)C(Cc2c[nH]c3ccccc23)NC(=O)CCCCCCC(C)C)C(O)C(N)=O)C(C)OC1=O. The lowest BCUT2D eigenvalue weighted by molar-refractivity contribution is -0.159. The minimum Gasteiger partial charge on any atom is -0.481 e. The van der Waals surface area contributed by atoms with Crippen molar-refractivity contribution in [2.24, 2.45) is 29.0 Å². The molecule has 1 aromatic heterocycles. The number of hydrogen-bond donors (Lipinski definition) is 21. The van der Waals surface area contributed by atoms with Crippen LogP contribution in [0, 0.1) is 11.8 Å². The van der Waals surface area contributed by atoms with E-state index in [1.165, 1.54) is 13.8 Å². The molecule has 0 spiro atoms. The first-order valence-electron chi connectivity index (χ1n) is 36.4. The predicted molar refractivity (Wildman–Crippen MR) is 394 cm³/mol. The quantitative estimate of drug-likeness (QED) is 0.0225. The fraction of sp³-hybridized carbons (Fsp3) is 0.586. The first-order chi connectivity index (χ1) is 53.9. The monoisotopic (exact) mass is 1630 g/mol. The van der Waals surface area contributed by atoms with Crippen LogP contribution in [0.2, 0.25) is 0 Å². The number of nitrogens with zero attached hydrogens (tertiary/aromatic N) is 1. The highest BCUT2D eigenvalue weighted by Gasteiger charge is 2.44. The second kappa shape index (κ2) is 47.2. The number of H-pyrrole nitrogens is 1. The number of carbonyl (C=O) groups is 21. The molecule has 2 aromatic rings. The van der Waals surface area contributed by atoms with E-state index in [1.807, 2.05) is 31.9 Å². The number of para-hydroxylation sites is 1. The maximum atomic E-state index is 14.9. The number of likely N-dealkylation sites (N-methyl/N-ethyl adjacent to an activating group) is 1. The van der Waals surface area contributed by atoms with Crippen LogP contribution >= 0.6 is 0 Å². The van der Waals surface area contributed by atoms with Crippen molar-refractivity contribution in [1.82, 2.24) is 73.7 Å². The average molecular weight is 1630 g/mol. The third kappa shape index (κ3) is 32.7. The zero-order valence-corrected chi connectivity index (χ0v) is 64.5. The number of cyclic esters (lactones) is 1. The van der Waals surface area contributed by atoms with Crippen molar-refractivity contribution in [2.45, 2.75) is 223 Å². The summed E-state index contributed by atoms with van der Waals surface area (Å²) in [7, 11) is 1.60. The highest BCUT2D eigenvalue weighted by Crippen LogP contribution is 2.21. The number of nitrogens with one attached hydrogen (secondary N) is 13. The number of carboxylic acid groups (broad SMARTS) is 4. The number of ether oxygens (including phenoxy) is 2. The maximum Gasteiger partial charge on any atom is 0.335 e. The third-order valence-electron chi connectivity index (χ3n) is 18.0. The van der Waals surface area contributed by atoms with Gasteiger partial charge < -0.3 is 126 Å². The number of aromatic nitrogens is 1. The summed E-state index contributed by atoms with van der Waals surface area (Å²) >= 11 is 0. The van der Waals surface area contributed by atoms with E-state index in [2.05, 4.69) is 50.7 Å². The molecule has 3 rings (SSSR count). The molecule has 24 N–H and O–H groups in total. The molecule has 1 aromatic carbocycles. The van der Waals surface area contributed by atoms with Crippen LogP contribution in [0.1, 0.15) is 137 Å². The summed E-state index contributed by atoms with van der Waals surface area (Å²) in [6.07, 6.45) is -9.37. The van der Waals surface area contributed by atoms with Crippen molar-refractivity contribution in [2.75, 3.05) is 27.2 Å². The first-order valence-corrected chi connectivity index (χ1v) is 36.4. The number of benzene rings is 1. The number of aliphatic hydroxyl groups is 1. The molecule has 0 aliphatic carbocycles. The van der Waals surface area contributed by atoms with Gasteiger partial charge in [-0.1, -0.05) is 78.0 Å². The van der Waals surface area contributed by atoms with Gasteiger partial charge in [0.2, 0.25) is 94.5 Å². The number of primary amides is 3. The average Bonchev–Trinajstić information content (AvgIpc) is 1.73. The second-order valence-electron chi connectivity index (χ2n) is 27.7. The van der Waals surface area contributed by atoms with Gasteiger partial charge in [-0.05, 0) is 56.6 Å². The van der Waals surface area contributed by atoms with E-state index in [0.29, 0.717) is 40.1 Å². The van der Waals surface area contributed by atoms with Gasteiger partial charge in [0.05, 0.1) is 32.4 Å². The van der Waals surface area contributed by atoms with Gasteiger partial charge in [-0.25, -0.2) is 9.59 Å². The Kier molecular flexibility index (Phi) is 39.7. The smallest absolute Gasteiger partial charge is 0.335 e. The summed E-state index contributed by atoms with van der Waals surface area (Å²) in [6.45, 7) is 6.38. The topological polar surface area (TPSA) is 720 Å².